The van der Waals surface area contributed by atoms with Crippen LogP contribution in [-0.2, 0) is 9.53 Å². The zero-order valence-electron chi connectivity index (χ0n) is 14.2. The number of para-hydroxylation sites is 1. The van der Waals surface area contributed by atoms with Gasteiger partial charge in [0.15, 0.2) is 6.61 Å². The molecule has 0 aliphatic rings. The van der Waals surface area contributed by atoms with Gasteiger partial charge in [0.25, 0.3) is 11.8 Å². The molecule has 2 amide bonds. The van der Waals surface area contributed by atoms with Crippen molar-refractivity contribution in [3.8, 4) is 0 Å². The SMILES string of the molecule is CCNC(=O)COC(=O)c1ccccc1NC(=O)c1cccc(C)c1. The zero-order valence-corrected chi connectivity index (χ0v) is 14.2. The third kappa shape index (κ3) is 5.17. The van der Waals surface area contributed by atoms with Gasteiger partial charge < -0.3 is 15.4 Å². The Balaban J connectivity index is 2.10. The minimum Gasteiger partial charge on any atom is -0.452 e. The zero-order chi connectivity index (χ0) is 18.2. The molecule has 25 heavy (non-hydrogen) atoms. The van der Waals surface area contributed by atoms with E-state index in [0.29, 0.717) is 17.8 Å². The van der Waals surface area contributed by atoms with Crippen molar-refractivity contribution >= 4 is 23.5 Å². The molecule has 0 spiro atoms. The van der Waals surface area contributed by atoms with Crippen molar-refractivity contribution in [1.82, 2.24) is 5.32 Å². The number of benzene rings is 2. The van der Waals surface area contributed by atoms with Gasteiger partial charge in [0, 0.05) is 12.1 Å². The van der Waals surface area contributed by atoms with Crippen LogP contribution >= 0.6 is 0 Å². The summed E-state index contributed by atoms with van der Waals surface area (Å²) >= 11 is 0. The van der Waals surface area contributed by atoms with E-state index in [0.717, 1.165) is 5.56 Å². The summed E-state index contributed by atoms with van der Waals surface area (Å²) in [6, 6.07) is 13.6. The van der Waals surface area contributed by atoms with Crippen LogP contribution in [0.4, 0.5) is 5.69 Å². The molecule has 6 heteroatoms. The standard InChI is InChI=1S/C19H20N2O4/c1-3-20-17(22)12-25-19(24)15-9-4-5-10-16(15)21-18(23)14-8-6-7-13(2)11-14/h4-11H,3,12H2,1-2H3,(H,20,22)(H,21,23). The number of rotatable bonds is 6. The average molecular weight is 340 g/mol. The number of nitrogens with one attached hydrogen (secondary N) is 2. The molecule has 0 fully saturated rings. The van der Waals surface area contributed by atoms with Crippen LogP contribution in [0.2, 0.25) is 0 Å². The van der Waals surface area contributed by atoms with Crippen molar-refractivity contribution in [3.63, 3.8) is 0 Å². The Kier molecular flexibility index (Phi) is 6.28. The fourth-order valence-corrected chi connectivity index (χ4v) is 2.21. The second-order valence-corrected chi connectivity index (χ2v) is 5.40. The predicted octanol–water partition coefficient (Wildman–Crippen LogP) is 2.54. The van der Waals surface area contributed by atoms with Crippen LogP contribution in [-0.4, -0.2) is 30.9 Å². The van der Waals surface area contributed by atoms with Gasteiger partial charge in [-0.15, -0.1) is 0 Å². The van der Waals surface area contributed by atoms with Gasteiger partial charge in [0.2, 0.25) is 0 Å². The number of amides is 2. The molecule has 130 valence electrons. The quantitative estimate of drug-likeness (QED) is 0.792. The molecule has 2 N–H and O–H groups in total. The van der Waals surface area contributed by atoms with E-state index in [1.54, 1.807) is 43.3 Å². The molecule has 0 radical (unpaired) electrons. The van der Waals surface area contributed by atoms with E-state index in [4.69, 9.17) is 4.74 Å². The smallest absolute Gasteiger partial charge is 0.340 e. The summed E-state index contributed by atoms with van der Waals surface area (Å²) in [4.78, 5) is 36.0. The first kappa shape index (κ1) is 18.2. The molecule has 6 nitrogen and oxygen atoms in total. The molecule has 0 heterocycles. The topological polar surface area (TPSA) is 84.5 Å². The number of hydrogen-bond acceptors (Lipinski definition) is 4. The van der Waals surface area contributed by atoms with Gasteiger partial charge in [-0.1, -0.05) is 29.8 Å². The van der Waals surface area contributed by atoms with Crippen molar-refractivity contribution < 1.29 is 19.1 Å². The highest BCUT2D eigenvalue weighted by atomic mass is 16.5. The fourth-order valence-electron chi connectivity index (χ4n) is 2.21. The third-order valence-corrected chi connectivity index (χ3v) is 3.38. The molecule has 0 unspecified atom stereocenters. The van der Waals surface area contributed by atoms with Crippen LogP contribution in [0.25, 0.3) is 0 Å². The maximum absolute atomic E-state index is 12.4. The van der Waals surface area contributed by atoms with Crippen molar-refractivity contribution in [2.75, 3.05) is 18.5 Å². The average Bonchev–Trinajstić information content (AvgIpc) is 2.60. The number of carbonyl (C=O) groups is 3. The molecule has 0 aromatic heterocycles. The van der Waals surface area contributed by atoms with Crippen LogP contribution in [0.3, 0.4) is 0 Å². The Morgan fingerprint density at radius 3 is 2.52 bits per heavy atom. The first-order valence-corrected chi connectivity index (χ1v) is 7.92. The molecule has 2 rings (SSSR count). The predicted molar refractivity (Wildman–Crippen MR) is 94.5 cm³/mol. The van der Waals surface area contributed by atoms with E-state index in [9.17, 15) is 14.4 Å². The number of ether oxygens (including phenoxy) is 1. The van der Waals surface area contributed by atoms with E-state index in [1.165, 1.54) is 6.07 Å². The van der Waals surface area contributed by atoms with Crippen molar-refractivity contribution in [2.24, 2.45) is 0 Å². The summed E-state index contributed by atoms with van der Waals surface area (Å²) in [6.07, 6.45) is 0. The normalized spacial score (nSPS) is 10.0. The number of anilines is 1. The summed E-state index contributed by atoms with van der Waals surface area (Å²) in [5.41, 5.74) is 1.97. The highest BCUT2D eigenvalue weighted by Crippen LogP contribution is 2.17. The maximum Gasteiger partial charge on any atom is 0.340 e. The first-order chi connectivity index (χ1) is 12.0. The summed E-state index contributed by atoms with van der Waals surface area (Å²) < 4.78 is 4.99. The molecule has 0 atom stereocenters. The first-order valence-electron chi connectivity index (χ1n) is 7.92. The summed E-state index contributed by atoms with van der Waals surface area (Å²) in [6.45, 7) is 3.76. The van der Waals surface area contributed by atoms with E-state index >= 15 is 0 Å². The largest absolute Gasteiger partial charge is 0.452 e. The fraction of sp³-hybridized carbons (Fsp3) is 0.211. The molecule has 0 saturated heterocycles. The van der Waals surface area contributed by atoms with Crippen molar-refractivity contribution in [3.05, 3.63) is 65.2 Å². The number of aryl methyl sites for hydroxylation is 1. The van der Waals surface area contributed by atoms with Gasteiger partial charge >= 0.3 is 5.97 Å². The van der Waals surface area contributed by atoms with Crippen LogP contribution in [0, 0.1) is 6.92 Å². The molecule has 2 aromatic carbocycles. The van der Waals surface area contributed by atoms with Crippen LogP contribution in [0.15, 0.2) is 48.5 Å². The van der Waals surface area contributed by atoms with E-state index in [2.05, 4.69) is 10.6 Å². The summed E-state index contributed by atoms with van der Waals surface area (Å²) in [5.74, 6) is -1.38. The number of carbonyl (C=O) groups excluding carboxylic acids is 3. The number of esters is 1. The van der Waals surface area contributed by atoms with Gasteiger partial charge in [0.05, 0.1) is 11.3 Å². The second-order valence-electron chi connectivity index (χ2n) is 5.40. The lowest BCUT2D eigenvalue weighted by Gasteiger charge is -2.11. The lowest BCUT2D eigenvalue weighted by atomic mass is 10.1. The summed E-state index contributed by atoms with van der Waals surface area (Å²) in [7, 11) is 0. The third-order valence-electron chi connectivity index (χ3n) is 3.38. The molecule has 0 saturated carbocycles. The van der Waals surface area contributed by atoms with Crippen molar-refractivity contribution in [2.45, 2.75) is 13.8 Å². The van der Waals surface area contributed by atoms with Crippen LogP contribution in [0.5, 0.6) is 0 Å². The summed E-state index contributed by atoms with van der Waals surface area (Å²) in [5, 5.41) is 5.25. The van der Waals surface area contributed by atoms with Crippen LogP contribution < -0.4 is 10.6 Å². The Bertz CT molecular complexity index is 786. The van der Waals surface area contributed by atoms with Gasteiger partial charge in [-0.05, 0) is 38.1 Å². The van der Waals surface area contributed by atoms with Gasteiger partial charge in [0.1, 0.15) is 0 Å². The van der Waals surface area contributed by atoms with Crippen molar-refractivity contribution in [1.29, 1.82) is 0 Å². The molecular weight excluding hydrogens is 320 g/mol. The maximum atomic E-state index is 12.4. The highest BCUT2D eigenvalue weighted by Gasteiger charge is 2.16. The number of hydrogen-bond donors (Lipinski definition) is 2. The molecular formula is C19H20N2O4. The van der Waals surface area contributed by atoms with Gasteiger partial charge in [-0.3, -0.25) is 9.59 Å². The Morgan fingerprint density at radius 1 is 1.04 bits per heavy atom. The lowest BCUT2D eigenvalue weighted by molar-refractivity contribution is -0.124. The van der Waals surface area contributed by atoms with E-state index < -0.39 is 5.97 Å². The molecule has 0 aliphatic heterocycles. The monoisotopic (exact) mass is 340 g/mol. The van der Waals surface area contributed by atoms with Gasteiger partial charge in [-0.2, -0.15) is 0 Å². The molecule has 0 bridgehead atoms. The lowest BCUT2D eigenvalue weighted by Crippen LogP contribution is -2.28. The van der Waals surface area contributed by atoms with E-state index in [-0.39, 0.29) is 24.0 Å². The molecule has 0 aliphatic carbocycles. The number of likely N-dealkylation sites (N-methyl/N-ethyl adjacent to an activating group) is 1. The minimum atomic E-state index is -0.675. The minimum absolute atomic E-state index is 0.188. The second kappa shape index (κ2) is 8.63. The van der Waals surface area contributed by atoms with Gasteiger partial charge in [-0.25, -0.2) is 4.79 Å². The van der Waals surface area contributed by atoms with Crippen LogP contribution in [0.1, 0.15) is 33.2 Å². The Hall–Kier alpha value is -3.15. The molecule has 2 aromatic rings. The highest BCUT2D eigenvalue weighted by molar-refractivity contribution is 6.08. The Labute approximate surface area is 146 Å². The Morgan fingerprint density at radius 2 is 1.80 bits per heavy atom. The van der Waals surface area contributed by atoms with E-state index in [1.807, 2.05) is 13.0 Å².